The van der Waals surface area contributed by atoms with Crippen LogP contribution in [0.2, 0.25) is 0 Å². The number of aromatic nitrogens is 3. The number of carbonyl (C=O) groups excluding carboxylic acids is 1. The molecule has 1 aliphatic carbocycles. The van der Waals surface area contributed by atoms with E-state index >= 15 is 0 Å². The molecule has 1 aliphatic heterocycles. The number of likely N-dealkylation sites (tertiary alicyclic amines) is 1. The van der Waals surface area contributed by atoms with Crippen LogP contribution in [-0.4, -0.2) is 37.8 Å². The molecule has 5 rings (SSSR count). The number of hydrogen-bond donors (Lipinski definition) is 0. The summed E-state index contributed by atoms with van der Waals surface area (Å²) >= 11 is 0. The Kier molecular flexibility index (Phi) is 3.73. The Balaban J connectivity index is 1.50. The molecule has 0 spiro atoms. The van der Waals surface area contributed by atoms with E-state index in [1.807, 2.05) is 16.8 Å². The van der Waals surface area contributed by atoms with E-state index < -0.39 is 0 Å². The second kappa shape index (κ2) is 6.24. The van der Waals surface area contributed by atoms with E-state index in [1.54, 1.807) is 12.4 Å². The van der Waals surface area contributed by atoms with Crippen LogP contribution in [0, 0.1) is 0 Å². The van der Waals surface area contributed by atoms with E-state index in [9.17, 15) is 4.79 Å². The largest absolute Gasteiger partial charge is 0.334 e. The predicted molar refractivity (Wildman–Crippen MR) is 99.2 cm³/mol. The van der Waals surface area contributed by atoms with Gasteiger partial charge in [-0.2, -0.15) is 0 Å². The summed E-state index contributed by atoms with van der Waals surface area (Å²) < 4.78 is 1.86. The Bertz CT molecular complexity index is 963. The minimum Gasteiger partial charge on any atom is -0.334 e. The number of carbonyl (C=O) groups is 1. The number of benzene rings is 1. The van der Waals surface area contributed by atoms with Crippen LogP contribution in [0.15, 0.2) is 49.1 Å². The maximum Gasteiger partial charge on any atom is 0.276 e. The zero-order valence-electron chi connectivity index (χ0n) is 14.7. The van der Waals surface area contributed by atoms with Crippen molar-refractivity contribution >= 4 is 11.6 Å². The molecule has 0 saturated carbocycles. The Morgan fingerprint density at radius 1 is 1.04 bits per heavy atom. The summed E-state index contributed by atoms with van der Waals surface area (Å²) in [7, 11) is 0. The van der Waals surface area contributed by atoms with Gasteiger partial charge < -0.3 is 9.30 Å². The van der Waals surface area contributed by atoms with Crippen LogP contribution in [0.25, 0.3) is 5.65 Å². The minimum absolute atomic E-state index is 0.0207. The minimum atomic E-state index is 0.0207. The molecule has 2 atom stereocenters. The number of aryl methyl sites for hydroxylation is 1. The highest BCUT2D eigenvalue weighted by molar-refractivity contribution is 5.98. The number of fused-ring (bicyclic) bond motifs is 2. The van der Waals surface area contributed by atoms with E-state index in [2.05, 4.69) is 39.1 Å². The third-order valence-electron chi connectivity index (χ3n) is 5.95. The lowest BCUT2D eigenvalue weighted by molar-refractivity contribution is 0.0706. The number of imidazole rings is 1. The van der Waals surface area contributed by atoms with Gasteiger partial charge in [0.15, 0.2) is 11.3 Å². The van der Waals surface area contributed by atoms with Crippen LogP contribution < -0.4 is 0 Å². The van der Waals surface area contributed by atoms with Crippen LogP contribution in [0.4, 0.5) is 0 Å². The summed E-state index contributed by atoms with van der Waals surface area (Å²) in [6.07, 6.45) is 12.7. The van der Waals surface area contributed by atoms with Crippen molar-refractivity contribution in [3.63, 3.8) is 0 Å². The predicted octanol–water partition coefficient (Wildman–Crippen LogP) is 3.45. The summed E-state index contributed by atoms with van der Waals surface area (Å²) in [5.41, 5.74) is 4.01. The van der Waals surface area contributed by atoms with E-state index in [-0.39, 0.29) is 11.9 Å². The fourth-order valence-electron chi connectivity index (χ4n) is 4.80. The van der Waals surface area contributed by atoms with Crippen molar-refractivity contribution in [2.75, 3.05) is 6.54 Å². The van der Waals surface area contributed by atoms with Crippen molar-refractivity contribution in [3.8, 4) is 0 Å². The fourth-order valence-corrected chi connectivity index (χ4v) is 4.80. The second-order valence-corrected chi connectivity index (χ2v) is 7.34. The maximum absolute atomic E-state index is 13.3. The lowest BCUT2D eigenvalue weighted by atomic mass is 9.78. The summed E-state index contributed by atoms with van der Waals surface area (Å²) in [5, 5.41) is 0. The highest BCUT2D eigenvalue weighted by atomic mass is 16.2. The first-order valence-corrected chi connectivity index (χ1v) is 9.49. The molecule has 3 heterocycles. The summed E-state index contributed by atoms with van der Waals surface area (Å²) in [5.74, 6) is 0.457. The lowest BCUT2D eigenvalue weighted by Gasteiger charge is -2.35. The molecule has 2 aromatic heterocycles. The number of hydrogen-bond acceptors (Lipinski definition) is 3. The molecule has 0 radical (unpaired) electrons. The first-order chi connectivity index (χ1) is 12.8. The van der Waals surface area contributed by atoms with E-state index in [1.165, 1.54) is 17.5 Å². The maximum atomic E-state index is 13.3. The molecule has 5 nitrogen and oxygen atoms in total. The molecule has 0 bridgehead atoms. The SMILES string of the molecule is O=C(c1nccn2ccnc12)N1CCC[C@H]1[C@@H]1CCCc2ccccc21. The van der Waals surface area contributed by atoms with Crippen LogP contribution in [0.1, 0.15) is 53.2 Å². The van der Waals surface area contributed by atoms with Gasteiger partial charge in [-0.1, -0.05) is 24.3 Å². The molecule has 1 amide bonds. The summed E-state index contributed by atoms with van der Waals surface area (Å²) in [6.45, 7) is 0.811. The van der Waals surface area contributed by atoms with Crippen LogP contribution in [-0.2, 0) is 6.42 Å². The summed E-state index contributed by atoms with van der Waals surface area (Å²) in [6, 6.07) is 9.02. The molecule has 1 saturated heterocycles. The van der Waals surface area contributed by atoms with Crippen molar-refractivity contribution in [1.82, 2.24) is 19.3 Å². The van der Waals surface area contributed by atoms with Gasteiger partial charge in [-0.15, -0.1) is 0 Å². The molecule has 1 fully saturated rings. The Labute approximate surface area is 152 Å². The van der Waals surface area contributed by atoms with Gasteiger partial charge in [0.2, 0.25) is 0 Å². The zero-order valence-corrected chi connectivity index (χ0v) is 14.7. The van der Waals surface area contributed by atoms with Gasteiger partial charge in [0.1, 0.15) is 0 Å². The van der Waals surface area contributed by atoms with Crippen LogP contribution in [0.5, 0.6) is 0 Å². The molecule has 3 aromatic rings. The van der Waals surface area contributed by atoms with Gasteiger partial charge in [0, 0.05) is 43.3 Å². The zero-order chi connectivity index (χ0) is 17.5. The smallest absolute Gasteiger partial charge is 0.276 e. The molecule has 132 valence electrons. The first-order valence-electron chi connectivity index (χ1n) is 9.49. The molecule has 0 N–H and O–H groups in total. The van der Waals surface area contributed by atoms with Crippen LogP contribution in [0.3, 0.4) is 0 Å². The second-order valence-electron chi connectivity index (χ2n) is 7.34. The Morgan fingerprint density at radius 2 is 1.88 bits per heavy atom. The monoisotopic (exact) mass is 346 g/mol. The van der Waals surface area contributed by atoms with E-state index in [4.69, 9.17) is 0 Å². The summed E-state index contributed by atoms with van der Waals surface area (Å²) in [4.78, 5) is 24.1. The topological polar surface area (TPSA) is 50.5 Å². The fraction of sp³-hybridized carbons (Fsp3) is 0.381. The standard InChI is InChI=1S/C21H22N4O/c26-21(19-20-23-11-14-24(20)13-10-22-19)25-12-4-9-18(25)17-8-3-6-15-5-1-2-7-16(15)17/h1-2,5,7,10-11,13-14,17-18H,3-4,6,8-9,12H2/t17-,18+/m1/s1. The van der Waals surface area contributed by atoms with Crippen molar-refractivity contribution in [2.24, 2.45) is 0 Å². The van der Waals surface area contributed by atoms with Crippen molar-refractivity contribution in [2.45, 2.75) is 44.1 Å². The molecule has 26 heavy (non-hydrogen) atoms. The third kappa shape index (κ3) is 2.42. The number of rotatable bonds is 2. The average Bonchev–Trinajstić information content (AvgIpc) is 3.36. The van der Waals surface area contributed by atoms with Gasteiger partial charge in [-0.25, -0.2) is 9.97 Å². The molecule has 0 unspecified atom stereocenters. The van der Waals surface area contributed by atoms with E-state index in [0.29, 0.717) is 17.3 Å². The molecule has 1 aromatic carbocycles. The normalized spacial score (nSPS) is 22.5. The number of nitrogens with zero attached hydrogens (tertiary/aromatic N) is 4. The number of amides is 1. The van der Waals surface area contributed by atoms with Crippen LogP contribution >= 0.6 is 0 Å². The highest BCUT2D eigenvalue weighted by Gasteiger charge is 2.38. The first kappa shape index (κ1) is 15.6. The van der Waals surface area contributed by atoms with Crippen molar-refractivity contribution in [1.29, 1.82) is 0 Å². The van der Waals surface area contributed by atoms with Gasteiger partial charge >= 0.3 is 0 Å². The Hall–Kier alpha value is -2.69. The Morgan fingerprint density at radius 3 is 2.81 bits per heavy atom. The van der Waals surface area contributed by atoms with Gasteiger partial charge in [0.25, 0.3) is 5.91 Å². The quantitative estimate of drug-likeness (QED) is 0.714. The van der Waals surface area contributed by atoms with Gasteiger partial charge in [-0.3, -0.25) is 4.79 Å². The third-order valence-corrected chi connectivity index (χ3v) is 5.95. The molecule has 2 aliphatic rings. The highest BCUT2D eigenvalue weighted by Crippen LogP contribution is 2.40. The van der Waals surface area contributed by atoms with Crippen molar-refractivity contribution < 1.29 is 4.79 Å². The van der Waals surface area contributed by atoms with Crippen molar-refractivity contribution in [3.05, 3.63) is 65.9 Å². The van der Waals surface area contributed by atoms with Gasteiger partial charge in [0.05, 0.1) is 0 Å². The molecule has 5 heteroatoms. The lowest BCUT2D eigenvalue weighted by Crippen LogP contribution is -2.40. The molecular formula is C21H22N4O. The average molecular weight is 346 g/mol. The van der Waals surface area contributed by atoms with Gasteiger partial charge in [-0.05, 0) is 43.2 Å². The van der Waals surface area contributed by atoms with E-state index in [0.717, 1.165) is 32.2 Å². The molecular weight excluding hydrogens is 324 g/mol.